The maximum absolute atomic E-state index is 9.25. The molecule has 1 aliphatic carbocycles. The van der Waals surface area contributed by atoms with E-state index in [1.165, 1.54) is 0 Å². The van der Waals surface area contributed by atoms with Crippen LogP contribution in [0.15, 0.2) is 54.6 Å². The summed E-state index contributed by atoms with van der Waals surface area (Å²) in [6.45, 7) is 0.112. The standard InChI is InChI=1S/C20H16Cl3NO2/c21-15-6-8-16(9-7-15)26-19(22)13-25-18-10-5-14-3-1-2-4-17(14)20(18,23)11-12-24/h1-10,18-19H,11,13H2. The van der Waals surface area contributed by atoms with E-state index in [1.54, 1.807) is 24.3 Å². The molecule has 0 fully saturated rings. The first-order chi connectivity index (χ1) is 12.5. The van der Waals surface area contributed by atoms with Crippen molar-refractivity contribution in [1.29, 1.82) is 5.26 Å². The molecule has 6 heteroatoms. The molecular formula is C20H16Cl3NO2. The van der Waals surface area contributed by atoms with Crippen LogP contribution in [0.25, 0.3) is 6.08 Å². The molecule has 26 heavy (non-hydrogen) atoms. The van der Waals surface area contributed by atoms with Gasteiger partial charge < -0.3 is 9.47 Å². The van der Waals surface area contributed by atoms with Gasteiger partial charge in [0.05, 0.1) is 19.1 Å². The molecule has 2 aromatic carbocycles. The van der Waals surface area contributed by atoms with Crippen LogP contribution < -0.4 is 4.74 Å². The van der Waals surface area contributed by atoms with Gasteiger partial charge in [-0.05, 0) is 35.4 Å². The maximum Gasteiger partial charge on any atom is 0.195 e. The second-order valence-corrected chi connectivity index (χ2v) is 7.48. The van der Waals surface area contributed by atoms with Crippen molar-refractivity contribution in [1.82, 2.24) is 0 Å². The summed E-state index contributed by atoms with van der Waals surface area (Å²) in [5, 5.41) is 9.87. The van der Waals surface area contributed by atoms with Crippen LogP contribution in [0.2, 0.25) is 5.02 Å². The van der Waals surface area contributed by atoms with Gasteiger partial charge in [-0.2, -0.15) is 5.26 Å². The molecule has 0 bridgehead atoms. The molecule has 3 rings (SSSR count). The van der Waals surface area contributed by atoms with Crippen LogP contribution in [-0.2, 0) is 9.61 Å². The summed E-state index contributed by atoms with van der Waals surface area (Å²) < 4.78 is 11.5. The highest BCUT2D eigenvalue weighted by molar-refractivity contribution is 6.30. The molecule has 3 atom stereocenters. The third-order valence-electron chi connectivity index (χ3n) is 4.13. The van der Waals surface area contributed by atoms with Gasteiger partial charge in [0.1, 0.15) is 16.7 Å². The van der Waals surface area contributed by atoms with Crippen LogP contribution in [0.3, 0.4) is 0 Å². The zero-order valence-electron chi connectivity index (χ0n) is 13.7. The number of nitriles is 1. The highest BCUT2D eigenvalue weighted by atomic mass is 35.5. The smallest absolute Gasteiger partial charge is 0.195 e. The molecule has 0 amide bonds. The van der Waals surface area contributed by atoms with Crippen molar-refractivity contribution in [2.45, 2.75) is 23.0 Å². The Kier molecular flexibility index (Phi) is 6.11. The summed E-state index contributed by atoms with van der Waals surface area (Å²) in [7, 11) is 0. The van der Waals surface area contributed by atoms with E-state index >= 15 is 0 Å². The van der Waals surface area contributed by atoms with Crippen molar-refractivity contribution in [2.75, 3.05) is 6.61 Å². The molecule has 3 unspecified atom stereocenters. The number of hydrogen-bond acceptors (Lipinski definition) is 3. The highest BCUT2D eigenvalue weighted by Gasteiger charge is 2.41. The quantitative estimate of drug-likeness (QED) is 0.572. The highest BCUT2D eigenvalue weighted by Crippen LogP contribution is 2.43. The molecular weight excluding hydrogens is 393 g/mol. The topological polar surface area (TPSA) is 42.2 Å². The van der Waals surface area contributed by atoms with Gasteiger partial charge in [-0.25, -0.2) is 0 Å². The van der Waals surface area contributed by atoms with Crippen LogP contribution in [-0.4, -0.2) is 18.3 Å². The lowest BCUT2D eigenvalue weighted by molar-refractivity contribution is 0.0247. The molecule has 0 radical (unpaired) electrons. The summed E-state index contributed by atoms with van der Waals surface area (Å²) in [5.41, 5.74) is 1.16. The molecule has 134 valence electrons. The predicted octanol–water partition coefficient (Wildman–Crippen LogP) is 5.74. The number of fused-ring (bicyclic) bond motifs is 1. The Morgan fingerprint density at radius 3 is 2.62 bits per heavy atom. The second kappa shape index (κ2) is 8.33. The van der Waals surface area contributed by atoms with Crippen LogP contribution in [0.5, 0.6) is 5.75 Å². The average molecular weight is 409 g/mol. The fourth-order valence-electron chi connectivity index (χ4n) is 2.89. The predicted molar refractivity (Wildman–Crippen MR) is 105 cm³/mol. The zero-order valence-corrected chi connectivity index (χ0v) is 16.0. The molecule has 0 spiro atoms. The van der Waals surface area contributed by atoms with Crippen molar-refractivity contribution in [3.05, 3.63) is 70.8 Å². The van der Waals surface area contributed by atoms with Crippen LogP contribution in [0, 0.1) is 11.3 Å². The van der Waals surface area contributed by atoms with E-state index in [-0.39, 0.29) is 13.0 Å². The van der Waals surface area contributed by atoms with Gasteiger partial charge in [0.25, 0.3) is 0 Å². The van der Waals surface area contributed by atoms with Crippen molar-refractivity contribution in [3.63, 3.8) is 0 Å². The number of benzene rings is 2. The molecule has 0 saturated heterocycles. The Bertz CT molecular complexity index is 832. The van der Waals surface area contributed by atoms with Crippen LogP contribution in [0.1, 0.15) is 17.5 Å². The first-order valence-corrected chi connectivity index (χ1v) is 9.23. The Morgan fingerprint density at radius 1 is 1.15 bits per heavy atom. The maximum atomic E-state index is 9.25. The lowest BCUT2D eigenvalue weighted by atomic mass is 9.82. The summed E-state index contributed by atoms with van der Waals surface area (Å²) in [6, 6.07) is 16.8. The van der Waals surface area contributed by atoms with Gasteiger partial charge in [-0.15, -0.1) is 11.6 Å². The van der Waals surface area contributed by atoms with Gasteiger partial charge >= 0.3 is 0 Å². The van der Waals surface area contributed by atoms with E-state index < -0.39 is 16.5 Å². The summed E-state index contributed by atoms with van der Waals surface area (Å²) in [6.07, 6.45) is 3.43. The van der Waals surface area contributed by atoms with Crippen LogP contribution in [0.4, 0.5) is 0 Å². The molecule has 0 heterocycles. The summed E-state index contributed by atoms with van der Waals surface area (Å²) in [4.78, 5) is -0.961. The SMILES string of the molecule is N#CCC1(Cl)c2ccccc2C=CC1OCC(Cl)Oc1ccc(Cl)cc1. The second-order valence-electron chi connectivity index (χ2n) is 5.88. The molecule has 0 aromatic heterocycles. The lowest BCUT2D eigenvalue weighted by Crippen LogP contribution is -2.39. The average Bonchev–Trinajstić information content (AvgIpc) is 2.63. The number of nitrogens with zero attached hydrogens (tertiary/aromatic N) is 1. The Morgan fingerprint density at radius 2 is 1.88 bits per heavy atom. The van der Waals surface area contributed by atoms with Crippen molar-refractivity contribution < 1.29 is 9.47 Å². The molecule has 2 aromatic rings. The summed E-state index contributed by atoms with van der Waals surface area (Å²) in [5.74, 6) is 0.594. The minimum absolute atomic E-state index is 0.112. The minimum Gasteiger partial charge on any atom is -0.472 e. The number of hydrogen-bond donors (Lipinski definition) is 0. The normalized spacial score (nSPS) is 22.3. The zero-order chi connectivity index (χ0) is 18.6. The van der Waals surface area contributed by atoms with Gasteiger partial charge in [0, 0.05) is 5.02 Å². The number of halogens is 3. The Balaban J connectivity index is 1.69. The lowest BCUT2D eigenvalue weighted by Gasteiger charge is -2.36. The van der Waals surface area contributed by atoms with Gasteiger partial charge in [-0.3, -0.25) is 0 Å². The number of ether oxygens (including phenoxy) is 2. The molecule has 3 nitrogen and oxygen atoms in total. The molecule has 0 aliphatic heterocycles. The number of rotatable bonds is 6. The van der Waals surface area contributed by atoms with Gasteiger partial charge in [-0.1, -0.05) is 59.6 Å². The van der Waals surface area contributed by atoms with E-state index in [1.807, 2.05) is 36.4 Å². The number of alkyl halides is 2. The third-order valence-corrected chi connectivity index (χ3v) is 5.15. The third kappa shape index (κ3) is 4.16. The molecule has 0 saturated carbocycles. The first kappa shape index (κ1) is 19.1. The van der Waals surface area contributed by atoms with Crippen molar-refractivity contribution in [3.8, 4) is 11.8 Å². The van der Waals surface area contributed by atoms with E-state index in [4.69, 9.17) is 44.3 Å². The largest absolute Gasteiger partial charge is 0.472 e. The van der Waals surface area contributed by atoms with Crippen molar-refractivity contribution >= 4 is 40.9 Å². The minimum atomic E-state index is -0.961. The van der Waals surface area contributed by atoms with Gasteiger partial charge in [0.2, 0.25) is 0 Å². The van der Waals surface area contributed by atoms with Gasteiger partial charge in [0.15, 0.2) is 5.56 Å². The molecule has 0 N–H and O–H groups in total. The monoisotopic (exact) mass is 407 g/mol. The molecule has 1 aliphatic rings. The Labute approximate surface area is 167 Å². The summed E-state index contributed by atoms with van der Waals surface area (Å²) >= 11 is 18.9. The first-order valence-electron chi connectivity index (χ1n) is 8.04. The Hall–Kier alpha value is -1.70. The van der Waals surface area contributed by atoms with Crippen LogP contribution >= 0.6 is 34.8 Å². The van der Waals surface area contributed by atoms with E-state index in [9.17, 15) is 5.26 Å². The van der Waals surface area contributed by atoms with E-state index in [0.29, 0.717) is 10.8 Å². The fraction of sp³-hybridized carbons (Fsp3) is 0.250. The fourth-order valence-corrected chi connectivity index (χ4v) is 3.56. The van der Waals surface area contributed by atoms with Crippen molar-refractivity contribution in [2.24, 2.45) is 0 Å². The van der Waals surface area contributed by atoms with E-state index in [0.717, 1.165) is 11.1 Å². The van der Waals surface area contributed by atoms with E-state index in [2.05, 4.69) is 6.07 Å².